The highest BCUT2D eigenvalue weighted by molar-refractivity contribution is 5.95. The van der Waals surface area contributed by atoms with Crippen LogP contribution in [0.1, 0.15) is 42.3 Å². The van der Waals surface area contributed by atoms with Crippen molar-refractivity contribution in [2.24, 2.45) is 11.1 Å². The first-order chi connectivity index (χ1) is 13.0. The molecule has 0 fully saturated rings. The summed E-state index contributed by atoms with van der Waals surface area (Å²) in [4.78, 5) is 23.5. The molecule has 7 nitrogen and oxygen atoms in total. The molecular weight excluding hydrogens is 358 g/mol. The van der Waals surface area contributed by atoms with E-state index in [-0.39, 0.29) is 17.8 Å². The van der Waals surface area contributed by atoms with Gasteiger partial charge in [0.25, 0.3) is 0 Å². The van der Waals surface area contributed by atoms with Crippen molar-refractivity contribution < 1.29 is 19.4 Å². The lowest BCUT2D eigenvalue weighted by Crippen LogP contribution is -2.21. The topological polar surface area (TPSA) is 126 Å². The highest BCUT2D eigenvalue weighted by atomic mass is 16.5. The summed E-state index contributed by atoms with van der Waals surface area (Å²) in [6.45, 7) is 6.19. The maximum absolute atomic E-state index is 12.7. The second-order valence-corrected chi connectivity index (χ2v) is 7.75. The lowest BCUT2D eigenvalue weighted by molar-refractivity contribution is -0.136. The molecule has 0 saturated carbocycles. The fraction of sp³-hybridized carbons (Fsp3) is 0.286. The van der Waals surface area contributed by atoms with Gasteiger partial charge in [-0.1, -0.05) is 32.9 Å². The van der Waals surface area contributed by atoms with Gasteiger partial charge in [-0.3, -0.25) is 10.2 Å². The molecule has 0 radical (unpaired) electrons. The molecule has 0 heterocycles. The average molecular weight is 383 g/mol. The number of aliphatic carboxylic acids is 1. The first-order valence-corrected chi connectivity index (χ1v) is 8.80. The minimum absolute atomic E-state index is 0.0671. The van der Waals surface area contributed by atoms with E-state index >= 15 is 0 Å². The van der Waals surface area contributed by atoms with Crippen molar-refractivity contribution in [3.8, 4) is 5.75 Å². The summed E-state index contributed by atoms with van der Waals surface area (Å²) in [5.74, 6) is -1.26. The van der Waals surface area contributed by atoms with E-state index in [4.69, 9.17) is 21.0 Å². The highest BCUT2D eigenvalue weighted by Gasteiger charge is 2.20. The van der Waals surface area contributed by atoms with Crippen molar-refractivity contribution in [1.82, 2.24) is 0 Å². The maximum Gasteiger partial charge on any atom is 0.343 e. The van der Waals surface area contributed by atoms with E-state index in [1.165, 1.54) is 0 Å². The molecule has 2 aromatic rings. The molecule has 2 rings (SSSR count). The molecule has 0 aliphatic heterocycles. The SMILES string of the molecule is CC(C)(C)Cc1cc(NC(=N)N)ccc1C(=O)Oc1ccc(CC(=O)O)cc1. The standard InChI is InChI=1S/C21H25N3O4/c1-21(2,3)12-14-11-15(24-20(22)23)6-9-17(14)19(27)28-16-7-4-13(5-8-16)10-18(25)26/h4-9,11H,10,12H2,1-3H3,(H,25,26)(H4,22,23,24). The van der Waals surface area contributed by atoms with Crippen LogP contribution in [-0.2, 0) is 17.6 Å². The molecular formula is C21H25N3O4. The lowest BCUT2D eigenvalue weighted by atomic mass is 9.86. The molecule has 2 aromatic carbocycles. The van der Waals surface area contributed by atoms with Gasteiger partial charge in [0.05, 0.1) is 12.0 Å². The van der Waals surface area contributed by atoms with Gasteiger partial charge in [-0.05, 0) is 53.3 Å². The van der Waals surface area contributed by atoms with E-state index in [0.717, 1.165) is 5.56 Å². The number of rotatable bonds is 6. The van der Waals surface area contributed by atoms with Gasteiger partial charge in [0.1, 0.15) is 5.75 Å². The van der Waals surface area contributed by atoms with Crippen LogP contribution in [0.3, 0.4) is 0 Å². The predicted octanol–water partition coefficient (Wildman–Crippen LogP) is 3.43. The minimum atomic E-state index is -0.921. The van der Waals surface area contributed by atoms with Gasteiger partial charge < -0.3 is 20.9 Å². The summed E-state index contributed by atoms with van der Waals surface area (Å²) in [5, 5.41) is 18.9. The molecule has 28 heavy (non-hydrogen) atoms. The number of anilines is 1. The maximum atomic E-state index is 12.7. The van der Waals surface area contributed by atoms with Gasteiger partial charge in [-0.2, -0.15) is 0 Å². The van der Waals surface area contributed by atoms with Crippen LogP contribution in [0.15, 0.2) is 42.5 Å². The number of hydrogen-bond acceptors (Lipinski definition) is 4. The third-order valence-corrected chi connectivity index (χ3v) is 3.81. The third-order valence-electron chi connectivity index (χ3n) is 3.81. The number of nitrogens with one attached hydrogen (secondary N) is 2. The first kappa shape index (κ1) is 21.0. The van der Waals surface area contributed by atoms with Crippen molar-refractivity contribution in [1.29, 1.82) is 5.41 Å². The Balaban J connectivity index is 2.25. The van der Waals surface area contributed by atoms with Gasteiger partial charge in [-0.15, -0.1) is 0 Å². The van der Waals surface area contributed by atoms with E-state index in [0.29, 0.717) is 29.0 Å². The number of carboxylic acids is 1. The molecule has 0 amide bonds. The summed E-state index contributed by atoms with van der Waals surface area (Å²) in [7, 11) is 0. The molecule has 148 valence electrons. The summed E-state index contributed by atoms with van der Waals surface area (Å²) in [5.41, 5.74) is 7.79. The minimum Gasteiger partial charge on any atom is -0.481 e. The number of carbonyl (C=O) groups is 2. The van der Waals surface area contributed by atoms with E-state index in [1.807, 2.05) is 0 Å². The van der Waals surface area contributed by atoms with Gasteiger partial charge >= 0.3 is 11.9 Å². The van der Waals surface area contributed by atoms with Gasteiger partial charge in [-0.25, -0.2) is 4.79 Å². The van der Waals surface area contributed by atoms with Crippen molar-refractivity contribution >= 4 is 23.6 Å². The number of hydrogen-bond donors (Lipinski definition) is 4. The van der Waals surface area contributed by atoms with E-state index in [2.05, 4.69) is 26.1 Å². The largest absolute Gasteiger partial charge is 0.481 e. The Morgan fingerprint density at radius 2 is 1.79 bits per heavy atom. The molecule has 0 unspecified atom stereocenters. The Hall–Kier alpha value is -3.35. The van der Waals surface area contributed by atoms with Crippen molar-refractivity contribution in [3.05, 3.63) is 59.2 Å². The molecule has 5 N–H and O–H groups in total. The van der Waals surface area contributed by atoms with Crippen LogP contribution in [0.25, 0.3) is 0 Å². The molecule has 7 heteroatoms. The molecule has 0 atom stereocenters. The van der Waals surface area contributed by atoms with E-state index in [1.54, 1.807) is 42.5 Å². The van der Waals surface area contributed by atoms with Gasteiger partial charge in [0, 0.05) is 5.69 Å². The number of ether oxygens (including phenoxy) is 1. The van der Waals surface area contributed by atoms with Crippen LogP contribution in [0, 0.1) is 10.8 Å². The quantitative estimate of drug-likeness (QED) is 0.262. The van der Waals surface area contributed by atoms with Gasteiger partial charge in [0.2, 0.25) is 0 Å². The summed E-state index contributed by atoms with van der Waals surface area (Å²) in [6, 6.07) is 11.5. The molecule has 0 spiro atoms. The van der Waals surface area contributed by atoms with Crippen LogP contribution in [0.4, 0.5) is 5.69 Å². The predicted molar refractivity (Wildman–Crippen MR) is 108 cm³/mol. The second-order valence-electron chi connectivity index (χ2n) is 7.75. The Kier molecular flexibility index (Phi) is 6.41. The number of benzene rings is 2. The molecule has 0 bridgehead atoms. The number of esters is 1. The summed E-state index contributed by atoms with van der Waals surface area (Å²) < 4.78 is 5.46. The van der Waals surface area contributed by atoms with Crippen LogP contribution in [0.5, 0.6) is 5.75 Å². The van der Waals surface area contributed by atoms with Crippen molar-refractivity contribution in [3.63, 3.8) is 0 Å². The van der Waals surface area contributed by atoms with Crippen LogP contribution in [-0.4, -0.2) is 23.0 Å². The normalized spacial score (nSPS) is 11.0. The zero-order valence-electron chi connectivity index (χ0n) is 16.2. The smallest absolute Gasteiger partial charge is 0.343 e. The average Bonchev–Trinajstić information content (AvgIpc) is 2.54. The fourth-order valence-electron chi connectivity index (χ4n) is 2.76. The molecule has 0 aromatic heterocycles. The lowest BCUT2D eigenvalue weighted by Gasteiger charge is -2.21. The van der Waals surface area contributed by atoms with Crippen LogP contribution < -0.4 is 15.8 Å². The Labute approximate surface area is 164 Å². The van der Waals surface area contributed by atoms with Crippen molar-refractivity contribution in [2.75, 3.05) is 5.32 Å². The Morgan fingerprint density at radius 1 is 1.14 bits per heavy atom. The highest BCUT2D eigenvalue weighted by Crippen LogP contribution is 2.26. The summed E-state index contributed by atoms with van der Waals surface area (Å²) >= 11 is 0. The third kappa shape index (κ3) is 6.42. The Bertz CT molecular complexity index is 884. The zero-order chi connectivity index (χ0) is 20.9. The van der Waals surface area contributed by atoms with Crippen molar-refractivity contribution in [2.45, 2.75) is 33.6 Å². The number of carboxylic acid groups (broad SMARTS) is 1. The molecule has 0 aliphatic rings. The van der Waals surface area contributed by atoms with E-state index < -0.39 is 11.9 Å². The molecule has 0 aliphatic carbocycles. The monoisotopic (exact) mass is 383 g/mol. The zero-order valence-corrected chi connectivity index (χ0v) is 16.2. The van der Waals surface area contributed by atoms with Gasteiger partial charge in [0.15, 0.2) is 5.96 Å². The first-order valence-electron chi connectivity index (χ1n) is 8.80. The second kappa shape index (κ2) is 8.56. The van der Waals surface area contributed by atoms with Crippen LogP contribution >= 0.6 is 0 Å². The summed E-state index contributed by atoms with van der Waals surface area (Å²) in [6.07, 6.45) is 0.539. The van der Waals surface area contributed by atoms with E-state index in [9.17, 15) is 9.59 Å². The number of nitrogens with two attached hydrogens (primary N) is 1. The number of guanidine groups is 1. The molecule has 0 saturated heterocycles. The van der Waals surface area contributed by atoms with Crippen LogP contribution in [0.2, 0.25) is 0 Å². The fourth-order valence-corrected chi connectivity index (χ4v) is 2.76. The number of carbonyl (C=O) groups excluding carboxylic acids is 1. The Morgan fingerprint density at radius 3 is 2.32 bits per heavy atom.